The van der Waals surface area contributed by atoms with E-state index in [0.29, 0.717) is 6.54 Å². The predicted octanol–water partition coefficient (Wildman–Crippen LogP) is 2.89. The van der Waals surface area contributed by atoms with E-state index in [1.165, 1.54) is 10.5 Å². The summed E-state index contributed by atoms with van der Waals surface area (Å²) in [4.78, 5) is 5.91. The van der Waals surface area contributed by atoms with Gasteiger partial charge in [0.2, 0.25) is 0 Å². The Hall–Kier alpha value is -0.915. The second kappa shape index (κ2) is 12.0. The number of alkyl halides is 3. The summed E-state index contributed by atoms with van der Waals surface area (Å²) in [7, 11) is 22.8. The van der Waals surface area contributed by atoms with Crippen LogP contribution in [0.3, 0.4) is 0 Å². The monoisotopic (exact) mass is 443 g/mol. The largest absolute Gasteiger partial charge is 0.307 e. The Morgan fingerprint density at radius 3 is 1.94 bits per heavy atom. The number of halogens is 3. The molecule has 3 heterocycles. The Morgan fingerprint density at radius 2 is 1.59 bits per heavy atom. The quantitative estimate of drug-likeness (QED) is 0.666. The minimum Gasteiger partial charge on any atom is -0.307 e. The zero-order valence-corrected chi connectivity index (χ0v) is 19.7. The van der Waals surface area contributed by atoms with E-state index in [0.717, 1.165) is 39.0 Å². The Kier molecular flexibility index (Phi) is 10.2. The standard InChI is InChI=1S/C12H16BN.C6H11BFN.C5H8BF2N/c1-14-8-7-12(13,10-14)9-11-5-3-2-4-6-11;1-9-3-5(2-8)6(7)4-9;1-9-2-4(6)5(7,8)3-9/h2-6H,7-10H2,1H3;5-6H,2-4H2,1H3;4H,2-3H2,1H3. The van der Waals surface area contributed by atoms with Crippen LogP contribution in [0.25, 0.3) is 0 Å². The lowest BCUT2D eigenvalue weighted by Crippen LogP contribution is -2.23. The fourth-order valence-corrected chi connectivity index (χ4v) is 4.55. The van der Waals surface area contributed by atoms with Crippen molar-refractivity contribution in [1.82, 2.24) is 14.7 Å². The van der Waals surface area contributed by atoms with Crippen LogP contribution in [0, 0.1) is 5.92 Å². The van der Waals surface area contributed by atoms with Gasteiger partial charge in [0.15, 0.2) is 0 Å². The maximum Gasteiger partial charge on any atom is 0.256 e. The zero-order chi connectivity index (χ0) is 23.9. The third-order valence-electron chi connectivity index (χ3n) is 6.38. The van der Waals surface area contributed by atoms with Gasteiger partial charge in [0.25, 0.3) is 5.92 Å². The molecular weight excluding hydrogens is 408 g/mol. The van der Waals surface area contributed by atoms with Gasteiger partial charge >= 0.3 is 0 Å². The van der Waals surface area contributed by atoms with Gasteiger partial charge in [-0.15, -0.1) is 0 Å². The molecule has 3 nitrogen and oxygen atoms in total. The first-order chi connectivity index (χ1) is 14.9. The number of benzene rings is 1. The molecule has 3 saturated heterocycles. The molecule has 3 fully saturated rings. The number of hydrogen-bond donors (Lipinski definition) is 0. The first kappa shape index (κ1) is 27.3. The Bertz CT molecular complexity index is 685. The Labute approximate surface area is 196 Å². The number of rotatable bonds is 3. The van der Waals surface area contributed by atoms with Gasteiger partial charge in [-0.05, 0) is 82.8 Å². The molecule has 4 rings (SSSR count). The highest BCUT2D eigenvalue weighted by molar-refractivity contribution is 6.15. The highest BCUT2D eigenvalue weighted by Crippen LogP contribution is 2.37. The van der Waals surface area contributed by atoms with Gasteiger partial charge < -0.3 is 14.7 Å². The van der Waals surface area contributed by atoms with E-state index in [1.807, 2.05) is 13.1 Å². The predicted molar refractivity (Wildman–Crippen MR) is 129 cm³/mol. The van der Waals surface area contributed by atoms with Crippen LogP contribution in [0.15, 0.2) is 30.3 Å². The van der Waals surface area contributed by atoms with Crippen molar-refractivity contribution in [3.05, 3.63) is 35.9 Å². The molecule has 0 aromatic heterocycles. The topological polar surface area (TPSA) is 9.72 Å². The van der Waals surface area contributed by atoms with Crippen LogP contribution < -0.4 is 0 Å². The van der Waals surface area contributed by atoms with Crippen molar-refractivity contribution in [3.8, 4) is 0 Å². The summed E-state index contributed by atoms with van der Waals surface area (Å²) >= 11 is 0. The van der Waals surface area contributed by atoms with E-state index in [1.54, 1.807) is 7.05 Å². The third kappa shape index (κ3) is 8.46. The number of likely N-dealkylation sites (tertiary alicyclic amines) is 3. The van der Waals surface area contributed by atoms with Gasteiger partial charge in [-0.1, -0.05) is 36.1 Å². The molecular formula is C23H35B3F3N3. The second-order valence-electron chi connectivity index (χ2n) is 9.88. The van der Waals surface area contributed by atoms with E-state index in [2.05, 4.69) is 41.1 Å². The van der Waals surface area contributed by atoms with Crippen molar-refractivity contribution >= 4 is 23.5 Å². The van der Waals surface area contributed by atoms with E-state index < -0.39 is 11.7 Å². The molecule has 9 heteroatoms. The van der Waals surface area contributed by atoms with E-state index in [9.17, 15) is 13.2 Å². The van der Waals surface area contributed by atoms with Crippen molar-refractivity contribution < 1.29 is 13.2 Å². The first-order valence-electron chi connectivity index (χ1n) is 11.3. The van der Waals surface area contributed by atoms with Crippen LogP contribution in [0.1, 0.15) is 12.0 Å². The summed E-state index contributed by atoms with van der Waals surface area (Å²) < 4.78 is 36.9. The van der Waals surface area contributed by atoms with Gasteiger partial charge in [0.05, 0.1) is 36.8 Å². The SMILES string of the molecule is [B]C1(Cc2ccccc2)CCN(C)C1.[B]C1CN(C)CC1(F)F.[B]C1CN(C)CC1CF. The van der Waals surface area contributed by atoms with Crippen LogP contribution in [-0.4, -0.2) is 111 Å². The van der Waals surface area contributed by atoms with Gasteiger partial charge in [-0.2, -0.15) is 0 Å². The molecule has 0 N–H and O–H groups in total. The van der Waals surface area contributed by atoms with Crippen molar-refractivity contribution in [1.29, 1.82) is 0 Å². The van der Waals surface area contributed by atoms with E-state index >= 15 is 0 Å². The summed E-state index contributed by atoms with van der Waals surface area (Å²) in [5.74, 6) is -3.51. The highest BCUT2D eigenvalue weighted by atomic mass is 19.3. The minimum atomic E-state index is -2.67. The smallest absolute Gasteiger partial charge is 0.256 e. The van der Waals surface area contributed by atoms with E-state index in [4.69, 9.17) is 23.5 Å². The summed E-state index contributed by atoms with van der Waals surface area (Å²) in [6.45, 7) is 3.63. The lowest BCUT2D eigenvalue weighted by atomic mass is 9.64. The van der Waals surface area contributed by atoms with Crippen LogP contribution in [-0.2, 0) is 6.42 Å². The van der Waals surface area contributed by atoms with Crippen LogP contribution >= 0.6 is 0 Å². The third-order valence-corrected chi connectivity index (χ3v) is 6.38. The lowest BCUT2D eigenvalue weighted by Gasteiger charge is -2.24. The first-order valence-corrected chi connectivity index (χ1v) is 11.3. The van der Waals surface area contributed by atoms with Crippen molar-refractivity contribution in [2.45, 2.75) is 35.7 Å². The molecule has 1 aromatic carbocycles. The van der Waals surface area contributed by atoms with Gasteiger partial charge in [-0.3, -0.25) is 4.39 Å². The lowest BCUT2D eigenvalue weighted by molar-refractivity contribution is 0.0154. The molecule has 1 aromatic rings. The molecule has 6 radical (unpaired) electrons. The van der Waals surface area contributed by atoms with E-state index in [-0.39, 0.29) is 30.3 Å². The van der Waals surface area contributed by atoms with Crippen molar-refractivity contribution in [2.75, 3.05) is 67.1 Å². The minimum absolute atomic E-state index is 0.00387. The molecule has 0 bridgehead atoms. The fourth-order valence-electron chi connectivity index (χ4n) is 4.55. The molecule has 0 spiro atoms. The summed E-state index contributed by atoms with van der Waals surface area (Å²) in [5, 5.41) is -0.00387. The second-order valence-corrected chi connectivity index (χ2v) is 9.88. The molecule has 3 aliphatic rings. The molecule has 3 aliphatic heterocycles. The van der Waals surface area contributed by atoms with Crippen LogP contribution in [0.5, 0.6) is 0 Å². The summed E-state index contributed by atoms with van der Waals surface area (Å²) in [6.07, 6.45) is 2.11. The highest BCUT2D eigenvalue weighted by Gasteiger charge is 2.42. The average Bonchev–Trinajstić information content (AvgIpc) is 3.30. The number of nitrogens with zero attached hydrogens (tertiary/aromatic N) is 3. The maximum absolute atomic E-state index is 12.4. The van der Waals surface area contributed by atoms with Gasteiger partial charge in [-0.25, -0.2) is 8.78 Å². The summed E-state index contributed by atoms with van der Waals surface area (Å²) in [6, 6.07) is 10.5. The van der Waals surface area contributed by atoms with Crippen molar-refractivity contribution in [2.24, 2.45) is 5.92 Å². The Balaban J connectivity index is 0.000000178. The molecule has 0 aliphatic carbocycles. The fraction of sp³-hybridized carbons (Fsp3) is 0.739. The van der Waals surface area contributed by atoms with Gasteiger partial charge in [0.1, 0.15) is 0 Å². The molecule has 0 saturated carbocycles. The maximum atomic E-state index is 12.4. The molecule has 0 amide bonds. The summed E-state index contributed by atoms with van der Waals surface area (Å²) in [5.41, 5.74) is 1.35. The molecule has 4 atom stereocenters. The van der Waals surface area contributed by atoms with Gasteiger partial charge in [0, 0.05) is 6.54 Å². The normalized spacial score (nSPS) is 32.8. The average molecular weight is 443 g/mol. The molecule has 172 valence electrons. The molecule has 4 unspecified atom stereocenters. The Morgan fingerprint density at radius 1 is 0.938 bits per heavy atom. The molecule has 32 heavy (non-hydrogen) atoms. The van der Waals surface area contributed by atoms with Crippen molar-refractivity contribution in [3.63, 3.8) is 0 Å². The van der Waals surface area contributed by atoms with Crippen LogP contribution in [0.4, 0.5) is 13.2 Å². The number of hydrogen-bond acceptors (Lipinski definition) is 3. The van der Waals surface area contributed by atoms with Crippen LogP contribution in [0.2, 0.25) is 16.9 Å². The zero-order valence-electron chi connectivity index (χ0n) is 19.7.